The summed E-state index contributed by atoms with van der Waals surface area (Å²) in [7, 11) is 0. The second-order valence-corrected chi connectivity index (χ2v) is 11.3. The van der Waals surface area contributed by atoms with E-state index in [4.69, 9.17) is 10.1 Å². The molecule has 42 heavy (non-hydrogen) atoms. The standard InChI is InChI=1S/C34H39N5O3/c1-21(2)32-24(5)39(29-14-15-31(36-23(29)4)38-17-16-26(20-38)34(41)42)37-33(32)27-13-9-10-22(3)28(27)18-35-19-30(40)25-11-7-6-8-12-25/h6-15,18,21,26,30,35,40H,3,16-17,19-20H2,1-2,4-5H3,(H,41,42)/b28-18+. The number of aliphatic carboxylic acids is 1. The quantitative estimate of drug-likeness (QED) is 0.281. The molecular weight excluding hydrogens is 526 g/mol. The van der Waals surface area contributed by atoms with Crippen LogP contribution < -0.4 is 20.7 Å². The molecular formula is C34H39N5O3. The van der Waals surface area contributed by atoms with Crippen molar-refractivity contribution in [3.8, 4) is 16.9 Å². The zero-order valence-corrected chi connectivity index (χ0v) is 24.7. The molecule has 0 aliphatic carbocycles. The van der Waals surface area contributed by atoms with Crippen LogP contribution in [0, 0.1) is 19.8 Å². The van der Waals surface area contributed by atoms with E-state index in [9.17, 15) is 15.0 Å². The summed E-state index contributed by atoms with van der Waals surface area (Å²) in [5, 5.41) is 30.3. The van der Waals surface area contributed by atoms with Gasteiger partial charge in [-0.25, -0.2) is 9.67 Å². The van der Waals surface area contributed by atoms with Gasteiger partial charge in [0, 0.05) is 47.9 Å². The van der Waals surface area contributed by atoms with Crippen molar-refractivity contribution in [1.82, 2.24) is 20.1 Å². The predicted molar refractivity (Wildman–Crippen MR) is 167 cm³/mol. The van der Waals surface area contributed by atoms with Gasteiger partial charge in [-0.3, -0.25) is 4.79 Å². The van der Waals surface area contributed by atoms with Crippen LogP contribution in [-0.2, 0) is 4.79 Å². The van der Waals surface area contributed by atoms with Gasteiger partial charge in [-0.1, -0.05) is 69.0 Å². The largest absolute Gasteiger partial charge is 0.481 e. The smallest absolute Gasteiger partial charge is 0.308 e. The minimum Gasteiger partial charge on any atom is -0.481 e. The minimum absolute atomic E-state index is 0.216. The topological polar surface area (TPSA) is 104 Å². The highest BCUT2D eigenvalue weighted by Gasteiger charge is 2.29. The molecule has 1 fully saturated rings. The highest BCUT2D eigenvalue weighted by atomic mass is 16.4. The number of pyridine rings is 1. The Kier molecular flexibility index (Phi) is 8.45. The fourth-order valence-corrected chi connectivity index (χ4v) is 5.80. The Bertz CT molecular complexity index is 1700. The molecule has 1 aliphatic heterocycles. The van der Waals surface area contributed by atoms with Crippen molar-refractivity contribution >= 4 is 24.6 Å². The summed E-state index contributed by atoms with van der Waals surface area (Å²) in [5.41, 5.74) is 6.61. The maximum atomic E-state index is 11.4. The average molecular weight is 566 g/mol. The van der Waals surface area contributed by atoms with E-state index in [1.54, 1.807) is 0 Å². The molecule has 8 heteroatoms. The number of anilines is 1. The van der Waals surface area contributed by atoms with Crippen molar-refractivity contribution in [2.75, 3.05) is 24.5 Å². The molecule has 0 bridgehead atoms. The lowest BCUT2D eigenvalue weighted by Crippen LogP contribution is -2.29. The van der Waals surface area contributed by atoms with Gasteiger partial charge >= 0.3 is 5.97 Å². The first-order valence-electron chi connectivity index (χ1n) is 14.5. The number of carbonyl (C=O) groups is 1. The molecule has 4 aromatic rings. The Balaban J connectivity index is 1.50. The van der Waals surface area contributed by atoms with E-state index in [0.29, 0.717) is 26.1 Å². The molecule has 1 saturated heterocycles. The van der Waals surface area contributed by atoms with E-state index in [-0.39, 0.29) is 11.8 Å². The Morgan fingerprint density at radius 3 is 2.55 bits per heavy atom. The van der Waals surface area contributed by atoms with E-state index in [0.717, 1.165) is 55.7 Å². The van der Waals surface area contributed by atoms with E-state index in [1.807, 2.05) is 77.3 Å². The van der Waals surface area contributed by atoms with Crippen molar-refractivity contribution in [3.05, 3.63) is 93.6 Å². The molecule has 1 aliphatic rings. The average Bonchev–Trinajstić information content (AvgIpc) is 3.60. The number of aromatic nitrogens is 3. The first-order chi connectivity index (χ1) is 20.2. The van der Waals surface area contributed by atoms with Gasteiger partial charge in [0.1, 0.15) is 5.82 Å². The molecule has 0 saturated carbocycles. The maximum absolute atomic E-state index is 11.4. The van der Waals surface area contributed by atoms with Crippen LogP contribution in [0.5, 0.6) is 0 Å². The molecule has 218 valence electrons. The Labute approximate surface area is 246 Å². The first-order valence-corrected chi connectivity index (χ1v) is 14.5. The van der Waals surface area contributed by atoms with Crippen molar-refractivity contribution < 1.29 is 15.0 Å². The first kappa shape index (κ1) is 29.1. The number of nitrogens with zero attached hydrogens (tertiary/aromatic N) is 4. The number of aliphatic hydroxyl groups excluding tert-OH is 1. The van der Waals surface area contributed by atoms with Gasteiger partial charge in [0.25, 0.3) is 0 Å². The van der Waals surface area contributed by atoms with Crippen LogP contribution >= 0.6 is 0 Å². The molecule has 3 N–H and O–H groups in total. The number of carboxylic acids is 1. The summed E-state index contributed by atoms with van der Waals surface area (Å²) in [4.78, 5) is 18.3. The molecule has 2 unspecified atom stereocenters. The van der Waals surface area contributed by atoms with Gasteiger partial charge in [-0.2, -0.15) is 5.10 Å². The van der Waals surface area contributed by atoms with Crippen LogP contribution in [0.3, 0.4) is 0 Å². The molecule has 3 heterocycles. The van der Waals surface area contributed by atoms with E-state index in [1.165, 1.54) is 0 Å². The third-order valence-corrected chi connectivity index (χ3v) is 8.07. The fraction of sp³-hybridized carbons (Fsp3) is 0.324. The van der Waals surface area contributed by atoms with Crippen molar-refractivity contribution in [2.24, 2.45) is 5.92 Å². The second-order valence-electron chi connectivity index (χ2n) is 11.3. The van der Waals surface area contributed by atoms with Crippen molar-refractivity contribution in [1.29, 1.82) is 0 Å². The molecule has 5 rings (SSSR count). The zero-order chi connectivity index (χ0) is 30.0. The highest BCUT2D eigenvalue weighted by molar-refractivity contribution is 5.72. The number of aliphatic hydroxyl groups is 1. The molecule has 0 spiro atoms. The zero-order valence-electron chi connectivity index (χ0n) is 24.7. The van der Waals surface area contributed by atoms with Gasteiger partial charge in [0.05, 0.1) is 29.1 Å². The van der Waals surface area contributed by atoms with Crippen LogP contribution in [0.1, 0.15) is 54.8 Å². The van der Waals surface area contributed by atoms with Crippen LogP contribution in [0.25, 0.3) is 29.7 Å². The van der Waals surface area contributed by atoms with Gasteiger partial charge in [0.15, 0.2) is 0 Å². The molecule has 2 aromatic carbocycles. The number of carboxylic acid groups (broad SMARTS) is 1. The van der Waals surface area contributed by atoms with Crippen LogP contribution in [-0.4, -0.2) is 50.6 Å². The van der Waals surface area contributed by atoms with Crippen LogP contribution in [0.4, 0.5) is 5.82 Å². The maximum Gasteiger partial charge on any atom is 0.308 e. The Morgan fingerprint density at radius 2 is 1.88 bits per heavy atom. The van der Waals surface area contributed by atoms with Gasteiger partial charge in [-0.05, 0) is 49.1 Å². The Morgan fingerprint density at radius 1 is 1.12 bits per heavy atom. The number of hydrogen-bond acceptors (Lipinski definition) is 6. The third kappa shape index (κ3) is 5.81. The number of nitrogens with one attached hydrogen (secondary N) is 1. The number of hydrogen-bond donors (Lipinski definition) is 3. The third-order valence-electron chi connectivity index (χ3n) is 8.07. The van der Waals surface area contributed by atoms with Crippen molar-refractivity contribution in [2.45, 2.75) is 46.1 Å². The SMILES string of the molecule is C=c1cccc(-c2nn(-c3ccc(N4CCC(C(=O)O)C4)nc3C)c(C)c2C(C)C)/c1=C/NCC(O)c1ccccc1. The second kappa shape index (κ2) is 12.2. The lowest BCUT2D eigenvalue weighted by atomic mass is 9.95. The minimum atomic E-state index is -0.753. The van der Waals surface area contributed by atoms with E-state index < -0.39 is 12.1 Å². The summed E-state index contributed by atoms with van der Waals surface area (Å²) in [6, 6.07) is 19.6. The molecule has 2 aromatic heterocycles. The predicted octanol–water partition coefficient (Wildman–Crippen LogP) is 4.06. The van der Waals surface area contributed by atoms with Crippen molar-refractivity contribution in [3.63, 3.8) is 0 Å². The summed E-state index contributed by atoms with van der Waals surface area (Å²) in [6.07, 6.45) is 1.91. The van der Waals surface area contributed by atoms with Crippen LogP contribution in [0.15, 0.2) is 60.7 Å². The molecule has 0 amide bonds. The van der Waals surface area contributed by atoms with Gasteiger partial charge in [-0.15, -0.1) is 0 Å². The normalized spacial score (nSPS) is 16.3. The highest BCUT2D eigenvalue weighted by Crippen LogP contribution is 2.32. The van der Waals surface area contributed by atoms with E-state index in [2.05, 4.69) is 38.7 Å². The fourth-order valence-electron chi connectivity index (χ4n) is 5.80. The summed E-state index contributed by atoms with van der Waals surface area (Å²) >= 11 is 0. The lowest BCUT2D eigenvalue weighted by molar-refractivity contribution is -0.140. The monoisotopic (exact) mass is 565 g/mol. The molecule has 8 nitrogen and oxygen atoms in total. The van der Waals surface area contributed by atoms with E-state index >= 15 is 0 Å². The lowest BCUT2D eigenvalue weighted by Gasteiger charge is -2.18. The molecule has 0 radical (unpaired) electrons. The Hall–Kier alpha value is -4.43. The summed E-state index contributed by atoms with van der Waals surface area (Å²) < 4.78 is 1.97. The number of aryl methyl sites for hydroxylation is 1. The van der Waals surface area contributed by atoms with Gasteiger partial charge in [0.2, 0.25) is 0 Å². The summed E-state index contributed by atoms with van der Waals surface area (Å²) in [6.45, 7) is 14.2. The molecule has 2 atom stereocenters. The van der Waals surface area contributed by atoms with Gasteiger partial charge < -0.3 is 20.4 Å². The van der Waals surface area contributed by atoms with Crippen LogP contribution in [0.2, 0.25) is 0 Å². The summed E-state index contributed by atoms with van der Waals surface area (Å²) in [5.74, 6) is -0.105. The number of benzene rings is 2. The number of rotatable bonds is 9.